The molecule has 0 saturated carbocycles. The SMILES string of the molecule is CNC(=O)c1cc(Oc2ccc(NC(=O)C=Cc3c[nH]c4ccc(F)cc34)cc2)ccn1. The molecule has 32 heavy (non-hydrogen) atoms. The van der Waals surface area contributed by atoms with Gasteiger partial charge in [-0.3, -0.25) is 14.6 Å². The zero-order chi connectivity index (χ0) is 22.5. The molecule has 0 spiro atoms. The number of H-pyrrole nitrogens is 1. The number of aromatic nitrogens is 2. The summed E-state index contributed by atoms with van der Waals surface area (Å²) in [5, 5.41) is 5.97. The monoisotopic (exact) mass is 430 g/mol. The Hall–Kier alpha value is -4.46. The van der Waals surface area contributed by atoms with Gasteiger partial charge < -0.3 is 20.4 Å². The molecule has 0 saturated heterocycles. The standard InChI is InChI=1S/C24H19FN4O3/c1-26-24(31)22-13-19(10-11-27-22)32-18-6-4-17(5-7-18)29-23(30)9-2-15-14-28-21-8-3-16(25)12-20(15)21/h2-14,28H,1H3,(H,26,31)(H,29,30). The molecule has 0 fully saturated rings. The van der Waals surface area contributed by atoms with Crippen LogP contribution in [0.15, 0.2) is 73.1 Å². The summed E-state index contributed by atoms with van der Waals surface area (Å²) < 4.78 is 19.2. The van der Waals surface area contributed by atoms with Gasteiger partial charge in [0.15, 0.2) is 0 Å². The number of nitrogens with zero attached hydrogens (tertiary/aromatic N) is 1. The maximum Gasteiger partial charge on any atom is 0.269 e. The minimum atomic E-state index is -0.338. The van der Waals surface area contributed by atoms with Crippen molar-refractivity contribution < 1.29 is 18.7 Å². The van der Waals surface area contributed by atoms with Crippen molar-refractivity contribution in [1.29, 1.82) is 0 Å². The molecule has 0 radical (unpaired) electrons. The lowest BCUT2D eigenvalue weighted by Crippen LogP contribution is -2.18. The average molecular weight is 430 g/mol. The number of anilines is 1. The van der Waals surface area contributed by atoms with E-state index >= 15 is 0 Å². The Kier molecular flexibility index (Phi) is 5.94. The minimum absolute atomic E-state index is 0.249. The number of rotatable bonds is 6. The first-order valence-corrected chi connectivity index (χ1v) is 9.73. The summed E-state index contributed by atoms with van der Waals surface area (Å²) in [5.74, 6) is 0.0325. The first-order valence-electron chi connectivity index (χ1n) is 9.73. The molecule has 0 aliphatic heterocycles. The van der Waals surface area contributed by atoms with Gasteiger partial charge in [0.1, 0.15) is 23.0 Å². The highest BCUT2D eigenvalue weighted by molar-refractivity contribution is 6.03. The van der Waals surface area contributed by atoms with Gasteiger partial charge in [0.25, 0.3) is 5.91 Å². The van der Waals surface area contributed by atoms with E-state index in [0.717, 1.165) is 5.52 Å². The van der Waals surface area contributed by atoms with Gasteiger partial charge in [0.2, 0.25) is 5.91 Å². The summed E-state index contributed by atoms with van der Waals surface area (Å²) in [6.07, 6.45) is 6.21. The number of halogens is 1. The van der Waals surface area contributed by atoms with Crippen molar-refractivity contribution in [3.8, 4) is 11.5 Å². The quantitative estimate of drug-likeness (QED) is 0.392. The lowest BCUT2D eigenvalue weighted by atomic mass is 10.1. The maximum absolute atomic E-state index is 13.5. The number of hydrogen-bond donors (Lipinski definition) is 3. The van der Waals surface area contributed by atoms with Crippen molar-refractivity contribution in [2.24, 2.45) is 0 Å². The summed E-state index contributed by atoms with van der Waals surface area (Å²) in [6, 6.07) is 14.4. The molecule has 7 nitrogen and oxygen atoms in total. The van der Waals surface area contributed by atoms with Crippen LogP contribution in [0.4, 0.5) is 10.1 Å². The Morgan fingerprint density at radius 1 is 1.06 bits per heavy atom. The van der Waals surface area contributed by atoms with Crippen molar-refractivity contribution in [3.05, 3.63) is 90.1 Å². The second-order valence-corrected chi connectivity index (χ2v) is 6.84. The fourth-order valence-corrected chi connectivity index (χ4v) is 3.07. The Labute approximate surface area is 182 Å². The third kappa shape index (κ3) is 4.81. The van der Waals surface area contributed by atoms with E-state index in [1.165, 1.54) is 37.5 Å². The molecule has 2 aromatic carbocycles. The summed E-state index contributed by atoms with van der Waals surface area (Å²) in [4.78, 5) is 31.0. The molecule has 2 heterocycles. The van der Waals surface area contributed by atoms with Crippen LogP contribution in [-0.4, -0.2) is 28.8 Å². The summed E-state index contributed by atoms with van der Waals surface area (Å²) >= 11 is 0. The molecular weight excluding hydrogens is 411 g/mol. The van der Waals surface area contributed by atoms with Crippen LogP contribution in [0.5, 0.6) is 11.5 Å². The van der Waals surface area contributed by atoms with Gasteiger partial charge in [-0.2, -0.15) is 0 Å². The van der Waals surface area contributed by atoms with E-state index in [-0.39, 0.29) is 23.3 Å². The number of amides is 2. The van der Waals surface area contributed by atoms with Crippen molar-refractivity contribution in [1.82, 2.24) is 15.3 Å². The van der Waals surface area contributed by atoms with Crippen LogP contribution in [0.25, 0.3) is 17.0 Å². The predicted molar refractivity (Wildman–Crippen MR) is 120 cm³/mol. The lowest BCUT2D eigenvalue weighted by molar-refractivity contribution is -0.111. The van der Waals surface area contributed by atoms with E-state index in [0.29, 0.717) is 28.1 Å². The summed E-state index contributed by atoms with van der Waals surface area (Å²) in [6.45, 7) is 0. The second kappa shape index (κ2) is 9.13. The highest BCUT2D eigenvalue weighted by Crippen LogP contribution is 2.24. The highest BCUT2D eigenvalue weighted by Gasteiger charge is 2.07. The zero-order valence-electron chi connectivity index (χ0n) is 17.1. The minimum Gasteiger partial charge on any atom is -0.457 e. The van der Waals surface area contributed by atoms with Crippen LogP contribution in [-0.2, 0) is 4.79 Å². The van der Waals surface area contributed by atoms with E-state index < -0.39 is 0 Å². The lowest BCUT2D eigenvalue weighted by Gasteiger charge is -2.08. The van der Waals surface area contributed by atoms with Crippen molar-refractivity contribution in [2.75, 3.05) is 12.4 Å². The van der Waals surface area contributed by atoms with Gasteiger partial charge in [-0.15, -0.1) is 0 Å². The number of carbonyl (C=O) groups excluding carboxylic acids is 2. The largest absolute Gasteiger partial charge is 0.457 e. The number of hydrogen-bond acceptors (Lipinski definition) is 4. The molecular formula is C24H19FN4O3. The number of carbonyl (C=O) groups is 2. The van der Waals surface area contributed by atoms with E-state index in [9.17, 15) is 14.0 Å². The number of pyridine rings is 1. The van der Waals surface area contributed by atoms with Gasteiger partial charge in [-0.1, -0.05) is 0 Å². The van der Waals surface area contributed by atoms with E-state index in [1.807, 2.05) is 0 Å². The molecule has 4 aromatic rings. The number of nitrogens with one attached hydrogen (secondary N) is 3. The Morgan fingerprint density at radius 3 is 2.66 bits per heavy atom. The molecule has 0 bridgehead atoms. The van der Waals surface area contributed by atoms with Gasteiger partial charge in [-0.05, 0) is 54.6 Å². The fourth-order valence-electron chi connectivity index (χ4n) is 3.07. The molecule has 160 valence electrons. The number of benzene rings is 2. The van der Waals surface area contributed by atoms with Crippen molar-refractivity contribution in [3.63, 3.8) is 0 Å². The molecule has 0 atom stereocenters. The molecule has 0 unspecified atom stereocenters. The molecule has 2 aromatic heterocycles. The number of fused-ring (bicyclic) bond motifs is 1. The molecule has 3 N–H and O–H groups in total. The third-order valence-corrected chi connectivity index (χ3v) is 4.64. The summed E-state index contributed by atoms with van der Waals surface area (Å²) in [5.41, 5.74) is 2.34. The van der Waals surface area contributed by atoms with E-state index in [1.54, 1.807) is 48.7 Å². The van der Waals surface area contributed by atoms with Gasteiger partial charge in [0, 0.05) is 53.7 Å². The summed E-state index contributed by atoms with van der Waals surface area (Å²) in [7, 11) is 1.53. The smallest absolute Gasteiger partial charge is 0.269 e. The van der Waals surface area contributed by atoms with Crippen LogP contribution in [0.2, 0.25) is 0 Å². The predicted octanol–water partition coefficient (Wildman–Crippen LogP) is 4.51. The van der Waals surface area contributed by atoms with Crippen LogP contribution >= 0.6 is 0 Å². The van der Waals surface area contributed by atoms with Gasteiger partial charge in [-0.25, -0.2) is 4.39 Å². The third-order valence-electron chi connectivity index (χ3n) is 4.64. The first kappa shape index (κ1) is 20.8. The molecule has 0 aliphatic rings. The van der Waals surface area contributed by atoms with Crippen LogP contribution < -0.4 is 15.4 Å². The normalized spacial score (nSPS) is 10.9. The number of ether oxygens (including phenoxy) is 1. The Morgan fingerprint density at radius 2 is 1.88 bits per heavy atom. The number of aromatic amines is 1. The van der Waals surface area contributed by atoms with E-state index in [4.69, 9.17) is 4.74 Å². The van der Waals surface area contributed by atoms with Crippen LogP contribution in [0, 0.1) is 5.82 Å². The fraction of sp³-hybridized carbons (Fsp3) is 0.0417. The maximum atomic E-state index is 13.5. The van der Waals surface area contributed by atoms with Gasteiger partial charge in [0.05, 0.1) is 0 Å². The van der Waals surface area contributed by atoms with Crippen LogP contribution in [0.1, 0.15) is 16.1 Å². The Bertz CT molecular complexity index is 1310. The van der Waals surface area contributed by atoms with Crippen molar-refractivity contribution in [2.45, 2.75) is 0 Å². The topological polar surface area (TPSA) is 96.1 Å². The highest BCUT2D eigenvalue weighted by atomic mass is 19.1. The zero-order valence-corrected chi connectivity index (χ0v) is 17.1. The van der Waals surface area contributed by atoms with Crippen LogP contribution in [0.3, 0.4) is 0 Å². The molecule has 2 amide bonds. The Balaban J connectivity index is 1.39. The first-order chi connectivity index (χ1) is 15.5. The second-order valence-electron chi connectivity index (χ2n) is 6.84. The van der Waals surface area contributed by atoms with Gasteiger partial charge >= 0.3 is 0 Å². The molecule has 4 rings (SSSR count). The molecule has 0 aliphatic carbocycles. The molecule has 8 heteroatoms. The van der Waals surface area contributed by atoms with E-state index in [2.05, 4.69) is 20.6 Å². The average Bonchev–Trinajstić information content (AvgIpc) is 3.20. The van der Waals surface area contributed by atoms with Crippen molar-refractivity contribution >= 4 is 34.5 Å².